The molecule has 0 radical (unpaired) electrons. The van der Waals surface area contributed by atoms with E-state index in [1.807, 2.05) is 0 Å². The number of carbonyl (C=O) groups is 3. The lowest BCUT2D eigenvalue weighted by molar-refractivity contribution is -0.167. The predicted octanol–water partition coefficient (Wildman–Crippen LogP) is 16.8. The second-order valence-electron chi connectivity index (χ2n) is 16.7. The molecule has 62 heavy (non-hydrogen) atoms. The number of unbranched alkanes of at least 4 members (excludes halogenated alkanes) is 21. The number of hydrogen-bond donors (Lipinski definition) is 0. The van der Waals surface area contributed by atoms with E-state index < -0.39 is 6.10 Å². The molecule has 0 saturated carbocycles. The van der Waals surface area contributed by atoms with Gasteiger partial charge < -0.3 is 14.2 Å². The molecule has 6 nitrogen and oxygen atoms in total. The van der Waals surface area contributed by atoms with E-state index in [0.29, 0.717) is 19.3 Å². The van der Waals surface area contributed by atoms with E-state index in [1.54, 1.807) is 0 Å². The first-order valence-electron chi connectivity index (χ1n) is 25.6. The molecule has 6 heteroatoms. The van der Waals surface area contributed by atoms with Crippen LogP contribution in [0.3, 0.4) is 0 Å². The molecule has 0 N–H and O–H groups in total. The van der Waals surface area contributed by atoms with Gasteiger partial charge in [-0.25, -0.2) is 0 Å². The van der Waals surface area contributed by atoms with Crippen molar-refractivity contribution in [2.75, 3.05) is 13.2 Å². The van der Waals surface area contributed by atoms with Crippen molar-refractivity contribution < 1.29 is 28.6 Å². The van der Waals surface area contributed by atoms with Crippen molar-refractivity contribution in [3.63, 3.8) is 0 Å². The van der Waals surface area contributed by atoms with Gasteiger partial charge in [0, 0.05) is 19.3 Å². The quantitative estimate of drug-likeness (QED) is 0.0199. The zero-order chi connectivity index (χ0) is 45.1. The summed E-state index contributed by atoms with van der Waals surface area (Å²) in [7, 11) is 0. The average Bonchev–Trinajstić information content (AvgIpc) is 3.27. The van der Waals surface area contributed by atoms with Crippen LogP contribution < -0.4 is 0 Å². The Morgan fingerprint density at radius 1 is 0.355 bits per heavy atom. The third kappa shape index (κ3) is 47.6. The van der Waals surface area contributed by atoms with Gasteiger partial charge in [-0.15, -0.1) is 0 Å². The molecule has 1 unspecified atom stereocenters. The number of carbonyl (C=O) groups excluding carboxylic acids is 3. The molecule has 0 aliphatic heterocycles. The lowest BCUT2D eigenvalue weighted by Gasteiger charge is -2.18. The molecule has 0 aliphatic rings. The monoisotopic (exact) mass is 863 g/mol. The Balaban J connectivity index is 4.44. The van der Waals surface area contributed by atoms with Crippen LogP contribution in [0.2, 0.25) is 0 Å². The van der Waals surface area contributed by atoms with Crippen LogP contribution >= 0.6 is 0 Å². The molecular formula is C56H94O6. The van der Waals surface area contributed by atoms with Crippen LogP contribution in [0.5, 0.6) is 0 Å². The van der Waals surface area contributed by atoms with E-state index in [1.165, 1.54) is 83.5 Å². The average molecular weight is 863 g/mol. The normalized spacial score (nSPS) is 12.8. The zero-order valence-electron chi connectivity index (χ0n) is 40.4. The highest BCUT2D eigenvalue weighted by Gasteiger charge is 2.19. The number of ether oxygens (including phenoxy) is 3. The molecule has 0 aromatic heterocycles. The van der Waals surface area contributed by atoms with Gasteiger partial charge in [-0.05, 0) is 83.5 Å². The van der Waals surface area contributed by atoms with Gasteiger partial charge in [-0.3, -0.25) is 14.4 Å². The minimum absolute atomic E-state index is 0.100. The molecule has 0 aromatic carbocycles. The standard InChI is InChI=1S/C56H94O6/c1-4-7-10-13-16-19-22-24-26-27-28-29-30-32-34-37-40-43-46-49-55(58)61-52-53(51-60-54(57)48-45-42-39-36-33-21-18-15-12-9-6-3)62-56(59)50-47-44-41-38-35-31-25-23-20-17-14-11-8-5-2/h7,10,15-16,18-19,21,24,26,28-29,32-34,53H,4-6,8-9,11-14,17,20,22-23,25,27,30-31,35-52H2,1-3H3/b10-7-,18-15-,19-16-,26-24-,29-28-,33-21-,34-32-. The lowest BCUT2D eigenvalue weighted by atomic mass is 10.0. The van der Waals surface area contributed by atoms with E-state index in [-0.39, 0.29) is 31.1 Å². The fourth-order valence-electron chi connectivity index (χ4n) is 6.80. The fourth-order valence-corrected chi connectivity index (χ4v) is 6.80. The van der Waals surface area contributed by atoms with Crippen molar-refractivity contribution in [3.05, 3.63) is 85.1 Å². The molecule has 0 aromatic rings. The van der Waals surface area contributed by atoms with Crippen LogP contribution in [0.25, 0.3) is 0 Å². The number of esters is 3. The third-order valence-corrected chi connectivity index (χ3v) is 10.7. The first-order valence-corrected chi connectivity index (χ1v) is 25.6. The first-order chi connectivity index (χ1) is 30.5. The van der Waals surface area contributed by atoms with Gasteiger partial charge in [-0.2, -0.15) is 0 Å². The summed E-state index contributed by atoms with van der Waals surface area (Å²) < 4.78 is 16.7. The SMILES string of the molecule is CC/C=C\C/C=C\C/C=C\C/C=C\C/C=C\CCCCCC(=O)OCC(COC(=O)CCCCC/C=C\C=C/CCCC)OC(=O)CCCCCCCCCCCCCCCC. The maximum atomic E-state index is 12.8. The van der Waals surface area contributed by atoms with Gasteiger partial charge in [0.2, 0.25) is 0 Å². The number of rotatable bonds is 45. The highest BCUT2D eigenvalue weighted by molar-refractivity contribution is 5.71. The summed E-state index contributed by atoms with van der Waals surface area (Å²) in [5, 5.41) is 0. The smallest absolute Gasteiger partial charge is 0.306 e. The first kappa shape index (κ1) is 58.6. The zero-order valence-corrected chi connectivity index (χ0v) is 40.4. The van der Waals surface area contributed by atoms with Gasteiger partial charge in [0.15, 0.2) is 6.10 Å². The summed E-state index contributed by atoms with van der Waals surface area (Å²) in [4.78, 5) is 37.9. The molecule has 0 spiro atoms. The largest absolute Gasteiger partial charge is 0.462 e. The Kier molecular flexibility index (Phi) is 47.5. The summed E-state index contributed by atoms with van der Waals surface area (Å²) in [6.45, 7) is 6.41. The van der Waals surface area contributed by atoms with E-state index >= 15 is 0 Å². The molecule has 0 heterocycles. The summed E-state index contributed by atoms with van der Waals surface area (Å²) in [5.41, 5.74) is 0. The molecule has 0 bridgehead atoms. The van der Waals surface area contributed by atoms with E-state index in [9.17, 15) is 14.4 Å². The summed E-state index contributed by atoms with van der Waals surface area (Å²) in [6, 6.07) is 0. The van der Waals surface area contributed by atoms with Gasteiger partial charge >= 0.3 is 17.9 Å². The van der Waals surface area contributed by atoms with Crippen molar-refractivity contribution in [3.8, 4) is 0 Å². The van der Waals surface area contributed by atoms with E-state index in [4.69, 9.17) is 14.2 Å². The van der Waals surface area contributed by atoms with Crippen LogP contribution in [-0.2, 0) is 28.6 Å². The Morgan fingerprint density at radius 2 is 0.694 bits per heavy atom. The van der Waals surface area contributed by atoms with Crippen LogP contribution in [0, 0.1) is 0 Å². The summed E-state index contributed by atoms with van der Waals surface area (Å²) in [6.07, 6.45) is 64.2. The molecule has 0 amide bonds. The maximum Gasteiger partial charge on any atom is 0.306 e. The Hall–Kier alpha value is -3.41. The molecule has 1 atom stereocenters. The molecular weight excluding hydrogens is 769 g/mol. The lowest BCUT2D eigenvalue weighted by Crippen LogP contribution is -2.30. The minimum atomic E-state index is -0.798. The molecule has 0 aliphatic carbocycles. The number of hydrogen-bond acceptors (Lipinski definition) is 6. The van der Waals surface area contributed by atoms with Crippen molar-refractivity contribution in [2.45, 2.75) is 239 Å². The van der Waals surface area contributed by atoms with Crippen LogP contribution in [0.1, 0.15) is 233 Å². The van der Waals surface area contributed by atoms with Crippen molar-refractivity contribution in [1.82, 2.24) is 0 Å². The predicted molar refractivity (Wildman–Crippen MR) is 265 cm³/mol. The minimum Gasteiger partial charge on any atom is -0.462 e. The van der Waals surface area contributed by atoms with Gasteiger partial charge in [0.25, 0.3) is 0 Å². The number of allylic oxidation sites excluding steroid dienone is 14. The fraction of sp³-hybridized carbons (Fsp3) is 0.696. The second kappa shape index (κ2) is 50.2. The third-order valence-electron chi connectivity index (χ3n) is 10.7. The van der Waals surface area contributed by atoms with Crippen LogP contribution in [0.15, 0.2) is 85.1 Å². The summed E-state index contributed by atoms with van der Waals surface area (Å²) in [5.74, 6) is -0.958. The Morgan fingerprint density at radius 3 is 1.13 bits per heavy atom. The van der Waals surface area contributed by atoms with Crippen molar-refractivity contribution in [2.24, 2.45) is 0 Å². The molecule has 354 valence electrons. The van der Waals surface area contributed by atoms with Gasteiger partial charge in [0.05, 0.1) is 0 Å². The Bertz CT molecular complexity index is 1220. The van der Waals surface area contributed by atoms with E-state index in [2.05, 4.69) is 106 Å². The molecule has 0 saturated heterocycles. The second-order valence-corrected chi connectivity index (χ2v) is 16.7. The van der Waals surface area contributed by atoms with Crippen molar-refractivity contribution in [1.29, 1.82) is 0 Å². The Labute approximate surface area is 382 Å². The molecule has 0 rings (SSSR count). The topological polar surface area (TPSA) is 78.9 Å². The van der Waals surface area contributed by atoms with Crippen LogP contribution in [-0.4, -0.2) is 37.2 Å². The van der Waals surface area contributed by atoms with Gasteiger partial charge in [-0.1, -0.05) is 215 Å². The van der Waals surface area contributed by atoms with E-state index in [0.717, 1.165) is 109 Å². The highest BCUT2D eigenvalue weighted by atomic mass is 16.6. The van der Waals surface area contributed by atoms with Crippen molar-refractivity contribution >= 4 is 17.9 Å². The van der Waals surface area contributed by atoms with Gasteiger partial charge in [0.1, 0.15) is 13.2 Å². The summed E-state index contributed by atoms with van der Waals surface area (Å²) >= 11 is 0. The highest BCUT2D eigenvalue weighted by Crippen LogP contribution is 2.15. The van der Waals surface area contributed by atoms with Crippen LogP contribution in [0.4, 0.5) is 0 Å². The molecule has 0 fully saturated rings. The maximum absolute atomic E-state index is 12.8.